The first-order valence-corrected chi connectivity index (χ1v) is 17.7. The molecule has 2 bridgehead atoms. The molecule has 0 spiro atoms. The van der Waals surface area contributed by atoms with Crippen LogP contribution in [0.1, 0.15) is 108 Å². The molecular formula is C38H65NO5. The van der Waals surface area contributed by atoms with Gasteiger partial charge in [-0.15, -0.1) is 0 Å². The summed E-state index contributed by atoms with van der Waals surface area (Å²) in [7, 11) is 3.89. The third-order valence-electron chi connectivity index (χ3n) is 15.2. The van der Waals surface area contributed by atoms with E-state index in [0.717, 1.165) is 45.1 Å². The van der Waals surface area contributed by atoms with Gasteiger partial charge in [0.2, 0.25) is 0 Å². The lowest BCUT2D eigenvalue weighted by Crippen LogP contribution is -2.70. The van der Waals surface area contributed by atoms with Gasteiger partial charge in [-0.25, -0.2) is 0 Å². The number of carboxylic acid groups (broad SMARTS) is 1. The van der Waals surface area contributed by atoms with Crippen molar-refractivity contribution >= 4 is 5.97 Å². The largest absolute Gasteiger partial charge is 0.481 e. The summed E-state index contributed by atoms with van der Waals surface area (Å²) in [5, 5.41) is 14.4. The van der Waals surface area contributed by atoms with Crippen LogP contribution in [0.2, 0.25) is 0 Å². The first kappa shape index (κ1) is 34.4. The summed E-state index contributed by atoms with van der Waals surface area (Å²) >= 11 is 0. The number of hydrogen-bond donors (Lipinski definition) is 2. The van der Waals surface area contributed by atoms with Crippen LogP contribution >= 0.6 is 0 Å². The van der Waals surface area contributed by atoms with Crippen molar-refractivity contribution in [3.05, 3.63) is 11.6 Å². The smallest absolute Gasteiger partial charge is 0.307 e. The van der Waals surface area contributed by atoms with Gasteiger partial charge in [-0.2, -0.15) is 0 Å². The number of fused-ring (bicyclic) bond motifs is 3. The lowest BCUT2D eigenvalue weighted by molar-refractivity contribution is -0.268. The van der Waals surface area contributed by atoms with E-state index in [1.165, 1.54) is 0 Å². The van der Waals surface area contributed by atoms with E-state index in [2.05, 4.69) is 80.6 Å². The zero-order chi connectivity index (χ0) is 32.7. The van der Waals surface area contributed by atoms with Crippen molar-refractivity contribution in [2.75, 3.05) is 34.0 Å². The Balaban J connectivity index is 1.53. The topological polar surface area (TPSA) is 77.0 Å². The van der Waals surface area contributed by atoms with Gasteiger partial charge in [0.25, 0.3) is 0 Å². The summed E-state index contributed by atoms with van der Waals surface area (Å²) in [5.41, 5.74) is 0.807. The zero-order valence-corrected chi connectivity index (χ0v) is 30.1. The molecule has 252 valence electrons. The fourth-order valence-corrected chi connectivity index (χ4v) is 12.0. The van der Waals surface area contributed by atoms with Crippen LogP contribution < -0.4 is 5.32 Å². The number of allylic oxidation sites excluding steroid dienone is 1. The second kappa shape index (κ2) is 11.3. The van der Waals surface area contributed by atoms with Crippen molar-refractivity contribution < 1.29 is 24.1 Å². The van der Waals surface area contributed by atoms with E-state index < -0.39 is 5.97 Å². The molecule has 1 heterocycles. The minimum Gasteiger partial charge on any atom is -0.481 e. The van der Waals surface area contributed by atoms with Gasteiger partial charge in [0, 0.05) is 24.0 Å². The van der Waals surface area contributed by atoms with E-state index in [1.807, 2.05) is 14.2 Å². The van der Waals surface area contributed by atoms with Crippen LogP contribution in [-0.4, -0.2) is 63.3 Å². The molecule has 12 atom stereocenters. The molecule has 0 aromatic rings. The maximum Gasteiger partial charge on any atom is 0.307 e. The Morgan fingerprint density at radius 1 is 1.09 bits per heavy atom. The molecule has 0 amide bonds. The SMILES string of the molecule is CN[C@@H](CO[C@H]1[C@H](OC)C[C@@]23COCC1(C)[C@@H]2CC[C@H]1C3=CC[C@@]2(C)[C@H](C(=O)O)[C@@](C)([C@H](C)C(C)C)CC[C@]12C)C(C)(C)C. The molecule has 5 aliphatic rings. The van der Waals surface area contributed by atoms with Crippen molar-refractivity contribution in [3.63, 3.8) is 0 Å². The lowest BCUT2D eigenvalue weighted by Gasteiger charge is -2.71. The third-order valence-corrected chi connectivity index (χ3v) is 15.2. The first-order valence-electron chi connectivity index (χ1n) is 17.7. The van der Waals surface area contributed by atoms with Crippen LogP contribution in [0.3, 0.4) is 0 Å². The highest BCUT2D eigenvalue weighted by Crippen LogP contribution is 2.75. The van der Waals surface area contributed by atoms with E-state index in [1.54, 1.807) is 5.57 Å². The number of methoxy groups -OCH3 is 1. The molecule has 2 N–H and O–H groups in total. The molecule has 3 saturated carbocycles. The van der Waals surface area contributed by atoms with E-state index >= 15 is 0 Å². The van der Waals surface area contributed by atoms with Gasteiger partial charge in [-0.05, 0) is 90.9 Å². The standard InChI is InChI=1S/C38H65NO5/c1-23(2)24(3)34(7)17-18-36(9)25-13-14-28-35(8)21-43-22-38(28,26(25)15-16-37(36,10)30(34)32(40)41)19-27(42-12)31(35)44-20-29(39-11)33(4,5)6/h15,23-25,27-31,39H,13-14,16-22H2,1-12H3,(H,40,41)/t24-,25+,27-,28+,29+,30-,31+,34-,35?,36-,37+,38+/m1/s1. The molecule has 4 fully saturated rings. The normalized spacial score (nSPS) is 46.8. The molecule has 1 saturated heterocycles. The molecule has 0 aromatic heterocycles. The maximum absolute atomic E-state index is 13.3. The number of aliphatic carboxylic acids is 1. The van der Waals surface area contributed by atoms with Crippen LogP contribution in [0.4, 0.5) is 0 Å². The Morgan fingerprint density at radius 3 is 2.34 bits per heavy atom. The minimum absolute atomic E-state index is 0.00769. The van der Waals surface area contributed by atoms with Gasteiger partial charge >= 0.3 is 5.97 Å². The van der Waals surface area contributed by atoms with Crippen LogP contribution in [0, 0.1) is 62.1 Å². The Labute approximate surface area is 268 Å². The number of nitrogens with one attached hydrogen (secondary N) is 1. The molecule has 1 aliphatic heterocycles. The molecule has 44 heavy (non-hydrogen) atoms. The van der Waals surface area contributed by atoms with Crippen molar-refractivity contribution in [2.24, 2.45) is 62.1 Å². The van der Waals surface area contributed by atoms with Crippen molar-refractivity contribution in [2.45, 2.75) is 126 Å². The predicted molar refractivity (Wildman–Crippen MR) is 176 cm³/mol. The molecule has 6 nitrogen and oxygen atoms in total. The quantitative estimate of drug-likeness (QED) is 0.274. The van der Waals surface area contributed by atoms with Crippen LogP contribution in [0.15, 0.2) is 11.6 Å². The average Bonchev–Trinajstić information content (AvgIpc) is 2.93. The summed E-state index contributed by atoms with van der Waals surface area (Å²) in [6, 6.07) is 0.242. The Bertz CT molecular complexity index is 1130. The molecule has 6 heteroatoms. The number of carboxylic acids is 1. The van der Waals surface area contributed by atoms with Crippen molar-refractivity contribution in [1.29, 1.82) is 0 Å². The fraction of sp³-hybridized carbons (Fsp3) is 0.921. The highest BCUT2D eigenvalue weighted by Gasteiger charge is 2.71. The number of carbonyl (C=O) groups is 1. The van der Waals surface area contributed by atoms with Gasteiger partial charge in [0.1, 0.15) is 0 Å². The molecule has 1 unspecified atom stereocenters. The van der Waals surface area contributed by atoms with Crippen molar-refractivity contribution in [3.8, 4) is 0 Å². The summed E-state index contributed by atoms with van der Waals surface area (Å²) in [4.78, 5) is 13.3. The second-order valence-corrected chi connectivity index (χ2v) is 18.3. The second-order valence-electron chi connectivity index (χ2n) is 18.3. The molecule has 0 radical (unpaired) electrons. The molecule has 5 rings (SSSR count). The van der Waals surface area contributed by atoms with E-state index in [4.69, 9.17) is 14.2 Å². The van der Waals surface area contributed by atoms with Crippen LogP contribution in [-0.2, 0) is 19.0 Å². The van der Waals surface area contributed by atoms with E-state index in [-0.39, 0.29) is 56.7 Å². The number of ether oxygens (including phenoxy) is 3. The average molecular weight is 616 g/mol. The van der Waals surface area contributed by atoms with Crippen LogP contribution in [0.5, 0.6) is 0 Å². The predicted octanol–water partition coefficient (Wildman–Crippen LogP) is 7.61. The highest BCUT2D eigenvalue weighted by molar-refractivity contribution is 5.73. The van der Waals surface area contributed by atoms with Crippen LogP contribution in [0.25, 0.3) is 0 Å². The number of likely N-dealkylation sites (N-methyl/N-ethyl adjacent to an activating group) is 1. The van der Waals surface area contributed by atoms with E-state index in [0.29, 0.717) is 36.9 Å². The lowest BCUT2D eigenvalue weighted by atomic mass is 9.34. The summed E-state index contributed by atoms with van der Waals surface area (Å²) in [6.07, 6.45) is 8.53. The summed E-state index contributed by atoms with van der Waals surface area (Å²) in [6.45, 7) is 25.2. The zero-order valence-electron chi connectivity index (χ0n) is 30.1. The van der Waals surface area contributed by atoms with Gasteiger partial charge < -0.3 is 24.6 Å². The monoisotopic (exact) mass is 615 g/mol. The summed E-state index contributed by atoms with van der Waals surface area (Å²) in [5.74, 6) is 0.655. The van der Waals surface area contributed by atoms with Gasteiger partial charge in [0.05, 0.1) is 37.9 Å². The van der Waals surface area contributed by atoms with E-state index in [9.17, 15) is 9.90 Å². The Kier molecular flexibility index (Phi) is 8.86. The van der Waals surface area contributed by atoms with Gasteiger partial charge in [0.15, 0.2) is 0 Å². The number of hydrogen-bond acceptors (Lipinski definition) is 5. The molecule has 4 aliphatic carbocycles. The van der Waals surface area contributed by atoms with Gasteiger partial charge in [-0.3, -0.25) is 4.79 Å². The maximum atomic E-state index is 13.3. The Morgan fingerprint density at radius 2 is 1.77 bits per heavy atom. The first-order chi connectivity index (χ1) is 20.4. The summed E-state index contributed by atoms with van der Waals surface area (Å²) < 4.78 is 19.9. The molecule has 0 aromatic carbocycles. The molecular weight excluding hydrogens is 550 g/mol. The van der Waals surface area contributed by atoms with Gasteiger partial charge in [-0.1, -0.05) is 80.9 Å². The fourth-order valence-electron chi connectivity index (χ4n) is 12.0. The highest BCUT2D eigenvalue weighted by atomic mass is 16.5. The van der Waals surface area contributed by atoms with Crippen molar-refractivity contribution in [1.82, 2.24) is 5.32 Å². The number of rotatable bonds is 8. The minimum atomic E-state index is -0.599. The third kappa shape index (κ3) is 4.72. The Hall–Kier alpha value is -0.950.